The number of hydrogen-bond donors (Lipinski definition) is 1. The maximum atomic E-state index is 12.7. The highest BCUT2D eigenvalue weighted by molar-refractivity contribution is 5.98. The molecule has 3 aliphatic rings. The van der Waals surface area contributed by atoms with Gasteiger partial charge in [-0.2, -0.15) is 0 Å². The van der Waals surface area contributed by atoms with E-state index < -0.39 is 5.54 Å². The van der Waals surface area contributed by atoms with Crippen LogP contribution in [0.2, 0.25) is 0 Å². The molecule has 4 nitrogen and oxygen atoms in total. The van der Waals surface area contributed by atoms with Crippen molar-refractivity contribution in [2.45, 2.75) is 57.9 Å². The van der Waals surface area contributed by atoms with Crippen molar-refractivity contribution in [1.29, 1.82) is 0 Å². The monoisotopic (exact) mass is 278 g/mol. The first-order chi connectivity index (χ1) is 9.49. The Morgan fingerprint density at radius 3 is 2.65 bits per heavy atom. The molecule has 3 fully saturated rings. The molecule has 4 heteroatoms. The van der Waals surface area contributed by atoms with Crippen molar-refractivity contribution in [2.75, 3.05) is 13.1 Å². The third kappa shape index (κ3) is 2.57. The van der Waals surface area contributed by atoms with Gasteiger partial charge in [-0.3, -0.25) is 9.59 Å². The van der Waals surface area contributed by atoms with Gasteiger partial charge in [0.15, 0.2) is 0 Å². The van der Waals surface area contributed by atoms with E-state index >= 15 is 0 Å². The molecule has 0 spiro atoms. The molecule has 1 N–H and O–H groups in total. The number of piperazine rings is 1. The van der Waals surface area contributed by atoms with E-state index in [1.807, 2.05) is 11.8 Å². The van der Waals surface area contributed by atoms with Crippen LogP contribution in [-0.4, -0.2) is 35.3 Å². The van der Waals surface area contributed by atoms with Gasteiger partial charge in [-0.1, -0.05) is 19.8 Å². The highest BCUT2D eigenvalue weighted by Gasteiger charge is 2.52. The molecule has 3 atom stereocenters. The lowest BCUT2D eigenvalue weighted by Gasteiger charge is -2.42. The van der Waals surface area contributed by atoms with Crippen molar-refractivity contribution < 1.29 is 9.59 Å². The average molecular weight is 278 g/mol. The minimum Gasteiger partial charge on any atom is -0.340 e. The van der Waals surface area contributed by atoms with Gasteiger partial charge in [0.1, 0.15) is 5.54 Å². The molecule has 112 valence electrons. The Hall–Kier alpha value is -1.06. The van der Waals surface area contributed by atoms with E-state index in [1.165, 1.54) is 25.7 Å². The number of nitrogens with one attached hydrogen (secondary N) is 1. The van der Waals surface area contributed by atoms with Crippen LogP contribution in [0, 0.1) is 17.8 Å². The van der Waals surface area contributed by atoms with Crippen LogP contribution >= 0.6 is 0 Å². The number of carbonyl (C=O) groups excluding carboxylic acids is 2. The summed E-state index contributed by atoms with van der Waals surface area (Å²) in [4.78, 5) is 26.5. The second-order valence-electron chi connectivity index (χ2n) is 7.35. The van der Waals surface area contributed by atoms with Gasteiger partial charge in [0.25, 0.3) is 0 Å². The lowest BCUT2D eigenvalue weighted by Crippen LogP contribution is -2.66. The van der Waals surface area contributed by atoms with Crippen molar-refractivity contribution in [2.24, 2.45) is 17.8 Å². The first-order valence-electron chi connectivity index (χ1n) is 8.09. The first kappa shape index (κ1) is 13.9. The largest absolute Gasteiger partial charge is 0.340 e. The van der Waals surface area contributed by atoms with Crippen LogP contribution in [0.5, 0.6) is 0 Å². The Morgan fingerprint density at radius 1 is 1.25 bits per heavy atom. The summed E-state index contributed by atoms with van der Waals surface area (Å²) in [5.41, 5.74) is -0.629. The fraction of sp³-hybridized carbons (Fsp3) is 0.875. The van der Waals surface area contributed by atoms with Crippen LogP contribution in [0.25, 0.3) is 0 Å². The molecule has 20 heavy (non-hydrogen) atoms. The van der Waals surface area contributed by atoms with E-state index in [0.717, 1.165) is 25.3 Å². The Kier molecular flexibility index (Phi) is 3.51. The highest BCUT2D eigenvalue weighted by Crippen LogP contribution is 2.42. The molecule has 3 rings (SSSR count). The molecule has 2 saturated carbocycles. The van der Waals surface area contributed by atoms with Crippen molar-refractivity contribution in [3.63, 3.8) is 0 Å². The van der Waals surface area contributed by atoms with Gasteiger partial charge in [-0.25, -0.2) is 0 Å². The molecule has 0 bridgehead atoms. The fourth-order valence-corrected chi connectivity index (χ4v) is 4.08. The predicted octanol–water partition coefficient (Wildman–Crippen LogP) is 1.94. The zero-order chi connectivity index (χ0) is 14.3. The van der Waals surface area contributed by atoms with Gasteiger partial charge >= 0.3 is 0 Å². The van der Waals surface area contributed by atoms with Crippen LogP contribution in [-0.2, 0) is 9.59 Å². The molecule has 1 aliphatic heterocycles. The third-order valence-electron chi connectivity index (χ3n) is 5.38. The summed E-state index contributed by atoms with van der Waals surface area (Å²) >= 11 is 0. The van der Waals surface area contributed by atoms with Gasteiger partial charge in [0.2, 0.25) is 11.8 Å². The number of rotatable bonds is 3. The van der Waals surface area contributed by atoms with E-state index in [9.17, 15) is 9.59 Å². The van der Waals surface area contributed by atoms with Gasteiger partial charge < -0.3 is 10.2 Å². The number of carbonyl (C=O) groups is 2. The molecule has 0 aromatic heterocycles. The van der Waals surface area contributed by atoms with Gasteiger partial charge in [0, 0.05) is 6.54 Å². The summed E-state index contributed by atoms with van der Waals surface area (Å²) in [5, 5.41) is 2.95. The normalized spacial score (nSPS) is 38.8. The van der Waals surface area contributed by atoms with Crippen molar-refractivity contribution >= 4 is 11.8 Å². The summed E-state index contributed by atoms with van der Waals surface area (Å²) in [6.07, 6.45) is 7.11. The standard InChI is InChI=1S/C16H26N2O2/c1-11-4-3-5-12(8-11)9-18-10-14(19)17-16(2,15(18)20)13-6-7-13/h11-13H,3-10H2,1-2H3,(H,17,19). The summed E-state index contributed by atoms with van der Waals surface area (Å²) in [6.45, 7) is 5.25. The molecule has 1 heterocycles. The second-order valence-corrected chi connectivity index (χ2v) is 7.35. The van der Waals surface area contributed by atoms with Crippen LogP contribution in [0.1, 0.15) is 52.4 Å². The van der Waals surface area contributed by atoms with Crippen molar-refractivity contribution in [1.82, 2.24) is 10.2 Å². The molecule has 2 aliphatic carbocycles. The maximum Gasteiger partial charge on any atom is 0.248 e. The van der Waals surface area contributed by atoms with Crippen LogP contribution in [0.3, 0.4) is 0 Å². The SMILES string of the molecule is CC1CCCC(CN2CC(=O)NC(C)(C3CC3)C2=O)C1. The summed E-state index contributed by atoms with van der Waals surface area (Å²) in [6, 6.07) is 0. The van der Waals surface area contributed by atoms with Gasteiger partial charge in [0.05, 0.1) is 6.54 Å². The quantitative estimate of drug-likeness (QED) is 0.857. The average Bonchev–Trinajstić information content (AvgIpc) is 3.20. The molecule has 3 unspecified atom stereocenters. The van der Waals surface area contributed by atoms with Crippen LogP contribution in [0.4, 0.5) is 0 Å². The number of amides is 2. The fourth-order valence-electron chi connectivity index (χ4n) is 4.08. The lowest BCUT2D eigenvalue weighted by molar-refractivity contribution is -0.151. The smallest absolute Gasteiger partial charge is 0.248 e. The lowest BCUT2D eigenvalue weighted by atomic mass is 9.81. The van der Waals surface area contributed by atoms with Crippen LogP contribution < -0.4 is 5.32 Å². The van der Waals surface area contributed by atoms with Gasteiger partial charge in [-0.05, 0) is 50.4 Å². The predicted molar refractivity (Wildman–Crippen MR) is 77.0 cm³/mol. The van der Waals surface area contributed by atoms with E-state index in [1.54, 1.807) is 0 Å². The molecule has 0 aromatic rings. The van der Waals surface area contributed by atoms with E-state index in [2.05, 4.69) is 12.2 Å². The second kappa shape index (κ2) is 5.05. The Bertz CT molecular complexity index is 419. The van der Waals surface area contributed by atoms with Crippen LogP contribution in [0.15, 0.2) is 0 Å². The minimum atomic E-state index is -0.629. The Balaban J connectivity index is 1.68. The molecular formula is C16H26N2O2. The summed E-state index contributed by atoms with van der Waals surface area (Å²) in [5.74, 6) is 1.86. The number of nitrogens with zero attached hydrogens (tertiary/aromatic N) is 1. The Morgan fingerprint density at radius 2 is 2.00 bits per heavy atom. The number of hydrogen-bond acceptors (Lipinski definition) is 2. The molecule has 0 aromatic carbocycles. The third-order valence-corrected chi connectivity index (χ3v) is 5.38. The molecule has 0 radical (unpaired) electrons. The van der Waals surface area contributed by atoms with Crippen molar-refractivity contribution in [3.05, 3.63) is 0 Å². The van der Waals surface area contributed by atoms with Crippen molar-refractivity contribution in [3.8, 4) is 0 Å². The minimum absolute atomic E-state index is 0.0165. The molecule has 2 amide bonds. The summed E-state index contributed by atoms with van der Waals surface area (Å²) < 4.78 is 0. The zero-order valence-corrected chi connectivity index (χ0v) is 12.7. The van der Waals surface area contributed by atoms with E-state index in [4.69, 9.17) is 0 Å². The van der Waals surface area contributed by atoms with E-state index in [0.29, 0.717) is 11.8 Å². The molecular weight excluding hydrogens is 252 g/mol. The Labute approximate surface area is 121 Å². The molecule has 1 saturated heterocycles. The zero-order valence-electron chi connectivity index (χ0n) is 12.7. The maximum absolute atomic E-state index is 12.7. The van der Waals surface area contributed by atoms with E-state index in [-0.39, 0.29) is 18.4 Å². The highest BCUT2D eigenvalue weighted by atomic mass is 16.2. The topological polar surface area (TPSA) is 49.4 Å². The first-order valence-corrected chi connectivity index (χ1v) is 8.09. The van der Waals surface area contributed by atoms with Gasteiger partial charge in [-0.15, -0.1) is 0 Å². The summed E-state index contributed by atoms with van der Waals surface area (Å²) in [7, 11) is 0.